The normalized spacial score (nSPS) is 13.5. The van der Waals surface area contributed by atoms with E-state index in [9.17, 15) is 9.90 Å². The van der Waals surface area contributed by atoms with Crippen molar-refractivity contribution >= 4 is 6.03 Å². The summed E-state index contributed by atoms with van der Waals surface area (Å²) in [5.74, 6) is 0. The molecule has 0 aliphatic heterocycles. The Balaban J connectivity index is 2.50. The number of rotatable bonds is 5. The molecule has 0 radical (unpaired) electrons. The lowest BCUT2D eigenvalue weighted by molar-refractivity contribution is 0.0594. The Morgan fingerprint density at radius 1 is 1.41 bits per heavy atom. The van der Waals surface area contributed by atoms with Crippen LogP contribution in [0.2, 0.25) is 0 Å². The topological polar surface area (TPSA) is 61.4 Å². The van der Waals surface area contributed by atoms with E-state index in [0.29, 0.717) is 6.54 Å². The van der Waals surface area contributed by atoms with Gasteiger partial charge in [0, 0.05) is 6.54 Å². The summed E-state index contributed by atoms with van der Waals surface area (Å²) < 4.78 is 0. The van der Waals surface area contributed by atoms with E-state index in [1.165, 1.54) is 0 Å². The average molecular weight is 234 g/mol. The zero-order valence-electron chi connectivity index (χ0n) is 9.94. The van der Waals surface area contributed by atoms with Crippen molar-refractivity contribution in [2.24, 2.45) is 0 Å². The third-order valence-electron chi connectivity index (χ3n) is 2.40. The van der Waals surface area contributed by atoms with Crippen molar-refractivity contribution in [1.82, 2.24) is 10.6 Å². The average Bonchev–Trinajstić information content (AvgIpc) is 2.35. The Morgan fingerprint density at radius 3 is 2.65 bits per heavy atom. The Labute approximate surface area is 101 Å². The zero-order valence-corrected chi connectivity index (χ0v) is 9.94. The molecule has 17 heavy (non-hydrogen) atoms. The molecule has 0 saturated heterocycles. The summed E-state index contributed by atoms with van der Waals surface area (Å²) in [6.07, 6.45) is 1.59. The quantitative estimate of drug-likeness (QED) is 0.674. The number of amides is 2. The molecule has 0 aliphatic carbocycles. The second-order valence-electron chi connectivity index (χ2n) is 3.99. The SMILES string of the molecule is C=CCNC(=O)NC[C@@](C)(O)c1ccccc1. The summed E-state index contributed by atoms with van der Waals surface area (Å²) in [5.41, 5.74) is -0.309. The maximum Gasteiger partial charge on any atom is 0.315 e. The molecule has 1 aromatic carbocycles. The van der Waals surface area contributed by atoms with Crippen molar-refractivity contribution < 1.29 is 9.90 Å². The number of hydrogen-bond donors (Lipinski definition) is 3. The molecule has 0 fully saturated rings. The predicted molar refractivity (Wildman–Crippen MR) is 67.6 cm³/mol. The molecule has 4 nitrogen and oxygen atoms in total. The van der Waals surface area contributed by atoms with Crippen LogP contribution < -0.4 is 10.6 Å². The standard InChI is InChI=1S/C13H18N2O2/c1-3-9-14-12(16)15-10-13(2,17)11-7-5-4-6-8-11/h3-8,17H,1,9-10H2,2H3,(H2,14,15,16)/t13-/m1/s1. The minimum Gasteiger partial charge on any atom is -0.384 e. The highest BCUT2D eigenvalue weighted by atomic mass is 16.3. The van der Waals surface area contributed by atoms with Gasteiger partial charge < -0.3 is 15.7 Å². The zero-order chi connectivity index (χ0) is 12.7. The van der Waals surface area contributed by atoms with E-state index >= 15 is 0 Å². The number of hydrogen-bond acceptors (Lipinski definition) is 2. The van der Waals surface area contributed by atoms with Gasteiger partial charge >= 0.3 is 6.03 Å². The second-order valence-corrected chi connectivity index (χ2v) is 3.99. The Morgan fingerprint density at radius 2 is 2.06 bits per heavy atom. The molecule has 1 rings (SSSR count). The van der Waals surface area contributed by atoms with E-state index in [4.69, 9.17) is 0 Å². The lowest BCUT2D eigenvalue weighted by Crippen LogP contribution is -2.43. The van der Waals surface area contributed by atoms with Crippen LogP contribution in [0.15, 0.2) is 43.0 Å². The van der Waals surface area contributed by atoms with E-state index in [1.54, 1.807) is 13.0 Å². The maximum absolute atomic E-state index is 11.3. The first kappa shape index (κ1) is 13.3. The van der Waals surface area contributed by atoms with Crippen LogP contribution in [0.4, 0.5) is 4.79 Å². The third-order valence-corrected chi connectivity index (χ3v) is 2.40. The lowest BCUT2D eigenvalue weighted by atomic mass is 9.96. The molecule has 0 aliphatic rings. The van der Waals surface area contributed by atoms with Gasteiger partial charge in [0.05, 0.1) is 6.54 Å². The fourth-order valence-corrected chi connectivity index (χ4v) is 1.38. The Bertz CT molecular complexity index is 374. The van der Waals surface area contributed by atoms with Gasteiger partial charge in [0.2, 0.25) is 0 Å². The van der Waals surface area contributed by atoms with E-state index in [-0.39, 0.29) is 12.6 Å². The number of carbonyl (C=O) groups excluding carboxylic acids is 1. The summed E-state index contributed by atoms with van der Waals surface area (Å²) in [7, 11) is 0. The maximum atomic E-state index is 11.3. The van der Waals surface area contributed by atoms with Crippen molar-refractivity contribution in [3.63, 3.8) is 0 Å². The van der Waals surface area contributed by atoms with Crippen LogP contribution in [-0.2, 0) is 5.60 Å². The van der Waals surface area contributed by atoms with Crippen molar-refractivity contribution in [1.29, 1.82) is 0 Å². The van der Waals surface area contributed by atoms with Gasteiger partial charge in [0.25, 0.3) is 0 Å². The molecule has 0 saturated carbocycles. The molecular formula is C13H18N2O2. The number of benzene rings is 1. The van der Waals surface area contributed by atoms with Crippen molar-refractivity contribution in [3.8, 4) is 0 Å². The van der Waals surface area contributed by atoms with Crippen LogP contribution in [0.1, 0.15) is 12.5 Å². The number of aliphatic hydroxyl groups is 1. The first-order valence-corrected chi connectivity index (χ1v) is 5.47. The molecule has 1 atom stereocenters. The van der Waals surface area contributed by atoms with Crippen molar-refractivity contribution in [2.45, 2.75) is 12.5 Å². The molecule has 92 valence electrons. The molecule has 0 heterocycles. The van der Waals surface area contributed by atoms with E-state index in [0.717, 1.165) is 5.56 Å². The molecule has 0 bridgehead atoms. The first-order valence-electron chi connectivity index (χ1n) is 5.47. The van der Waals surface area contributed by atoms with Crippen molar-refractivity contribution in [3.05, 3.63) is 48.6 Å². The summed E-state index contributed by atoms with van der Waals surface area (Å²) >= 11 is 0. The van der Waals surface area contributed by atoms with E-state index < -0.39 is 5.60 Å². The van der Waals surface area contributed by atoms with Gasteiger partial charge in [0.15, 0.2) is 0 Å². The lowest BCUT2D eigenvalue weighted by Gasteiger charge is -2.24. The van der Waals surface area contributed by atoms with Crippen LogP contribution in [0.25, 0.3) is 0 Å². The molecule has 3 N–H and O–H groups in total. The van der Waals surface area contributed by atoms with Crippen LogP contribution >= 0.6 is 0 Å². The first-order chi connectivity index (χ1) is 8.06. The van der Waals surface area contributed by atoms with Gasteiger partial charge in [-0.15, -0.1) is 6.58 Å². The third kappa shape index (κ3) is 4.28. The minimum atomic E-state index is -1.08. The van der Waals surface area contributed by atoms with Gasteiger partial charge in [-0.25, -0.2) is 4.79 Å². The molecule has 4 heteroatoms. The van der Waals surface area contributed by atoms with Crippen molar-refractivity contribution in [2.75, 3.05) is 13.1 Å². The summed E-state index contributed by atoms with van der Waals surface area (Å²) in [4.78, 5) is 11.3. The van der Waals surface area contributed by atoms with Gasteiger partial charge in [-0.2, -0.15) is 0 Å². The molecule has 0 spiro atoms. The highest BCUT2D eigenvalue weighted by Gasteiger charge is 2.23. The summed E-state index contributed by atoms with van der Waals surface area (Å²) in [6, 6.07) is 8.90. The van der Waals surface area contributed by atoms with Gasteiger partial charge in [-0.1, -0.05) is 36.4 Å². The molecular weight excluding hydrogens is 216 g/mol. The minimum absolute atomic E-state index is 0.153. The van der Waals surface area contributed by atoms with E-state index in [1.807, 2.05) is 30.3 Å². The molecule has 0 aromatic heterocycles. The molecule has 2 amide bonds. The van der Waals surface area contributed by atoms with Crippen LogP contribution in [0.5, 0.6) is 0 Å². The van der Waals surface area contributed by atoms with Crippen LogP contribution in [0, 0.1) is 0 Å². The highest BCUT2D eigenvalue weighted by molar-refractivity contribution is 5.74. The Kier molecular flexibility index (Phi) is 4.72. The monoisotopic (exact) mass is 234 g/mol. The van der Waals surface area contributed by atoms with Crippen LogP contribution in [-0.4, -0.2) is 24.2 Å². The number of carbonyl (C=O) groups is 1. The summed E-state index contributed by atoms with van der Waals surface area (Å²) in [5, 5.41) is 15.4. The Hall–Kier alpha value is -1.81. The predicted octanol–water partition coefficient (Wildman–Crippen LogP) is 1.38. The van der Waals surface area contributed by atoms with Gasteiger partial charge in [-0.05, 0) is 12.5 Å². The molecule has 1 aromatic rings. The smallest absolute Gasteiger partial charge is 0.315 e. The number of urea groups is 1. The van der Waals surface area contributed by atoms with Gasteiger partial charge in [-0.3, -0.25) is 0 Å². The largest absolute Gasteiger partial charge is 0.384 e. The van der Waals surface area contributed by atoms with Crippen LogP contribution in [0.3, 0.4) is 0 Å². The highest BCUT2D eigenvalue weighted by Crippen LogP contribution is 2.18. The number of nitrogens with one attached hydrogen (secondary N) is 2. The van der Waals surface area contributed by atoms with E-state index in [2.05, 4.69) is 17.2 Å². The van der Waals surface area contributed by atoms with Gasteiger partial charge in [0.1, 0.15) is 5.60 Å². The second kappa shape index (κ2) is 6.06. The molecule has 0 unspecified atom stereocenters. The fourth-order valence-electron chi connectivity index (χ4n) is 1.38. The fraction of sp³-hybridized carbons (Fsp3) is 0.308. The summed E-state index contributed by atoms with van der Waals surface area (Å²) in [6.45, 7) is 5.71.